The number of rotatable bonds is 11. The van der Waals surface area contributed by atoms with Gasteiger partial charge in [0, 0.05) is 12.6 Å². The number of unbranched alkanes of at least 4 members (excludes halogenated alkanes) is 2. The summed E-state index contributed by atoms with van der Waals surface area (Å²) in [7, 11) is 0. The fourth-order valence-electron chi connectivity index (χ4n) is 1.93. The lowest BCUT2D eigenvalue weighted by atomic mass is 9.98. The molecular weight excluding hydrogens is 255 g/mol. The van der Waals surface area contributed by atoms with Crippen LogP contribution in [-0.2, 0) is 4.74 Å². The first kappa shape index (κ1) is 18.7. The molecule has 1 atom stereocenters. The maximum Gasteiger partial charge on any atom is 0.411 e. The van der Waals surface area contributed by atoms with Crippen LogP contribution in [-0.4, -0.2) is 32.0 Å². The summed E-state index contributed by atoms with van der Waals surface area (Å²) < 4.78 is 40.0. The Balaban J connectivity index is 3.50. The Morgan fingerprint density at radius 1 is 1.11 bits per heavy atom. The van der Waals surface area contributed by atoms with Crippen molar-refractivity contribution in [2.75, 3.05) is 19.8 Å². The highest BCUT2D eigenvalue weighted by Gasteiger charge is 2.27. The van der Waals surface area contributed by atoms with E-state index >= 15 is 0 Å². The van der Waals surface area contributed by atoms with Gasteiger partial charge in [-0.3, -0.25) is 0 Å². The number of hydrogen-bond donors (Lipinski definition) is 1. The number of alkyl halides is 3. The molecule has 19 heavy (non-hydrogen) atoms. The van der Waals surface area contributed by atoms with Gasteiger partial charge in [0.2, 0.25) is 0 Å². The number of nitrogens with one attached hydrogen (secondary N) is 1. The van der Waals surface area contributed by atoms with E-state index in [0.717, 1.165) is 32.2 Å². The summed E-state index contributed by atoms with van der Waals surface area (Å²) >= 11 is 0. The van der Waals surface area contributed by atoms with Crippen LogP contribution in [0.4, 0.5) is 13.2 Å². The lowest BCUT2D eigenvalue weighted by molar-refractivity contribution is -0.174. The molecule has 0 aromatic rings. The van der Waals surface area contributed by atoms with Crippen molar-refractivity contribution in [3.05, 3.63) is 0 Å². The van der Waals surface area contributed by atoms with E-state index in [1.54, 1.807) is 0 Å². The average molecular weight is 283 g/mol. The van der Waals surface area contributed by atoms with Gasteiger partial charge in [-0.05, 0) is 31.7 Å². The molecule has 0 heterocycles. The zero-order valence-electron chi connectivity index (χ0n) is 12.4. The molecular formula is C14H28F3NO. The first-order valence-electron chi connectivity index (χ1n) is 7.24. The molecule has 116 valence electrons. The summed E-state index contributed by atoms with van der Waals surface area (Å²) in [5.41, 5.74) is 0. The normalized spacial score (nSPS) is 14.1. The van der Waals surface area contributed by atoms with Gasteiger partial charge in [0.15, 0.2) is 0 Å². The van der Waals surface area contributed by atoms with E-state index in [4.69, 9.17) is 0 Å². The molecule has 0 fully saturated rings. The van der Waals surface area contributed by atoms with Crippen molar-refractivity contribution in [2.45, 2.75) is 65.1 Å². The van der Waals surface area contributed by atoms with Gasteiger partial charge in [-0.1, -0.05) is 33.6 Å². The largest absolute Gasteiger partial charge is 0.411 e. The molecule has 0 bridgehead atoms. The van der Waals surface area contributed by atoms with Crippen LogP contribution in [0.15, 0.2) is 0 Å². The third-order valence-corrected chi connectivity index (χ3v) is 3.03. The van der Waals surface area contributed by atoms with Crippen molar-refractivity contribution >= 4 is 0 Å². The van der Waals surface area contributed by atoms with Crippen LogP contribution < -0.4 is 5.32 Å². The van der Waals surface area contributed by atoms with Crippen LogP contribution in [0.5, 0.6) is 0 Å². The fourth-order valence-corrected chi connectivity index (χ4v) is 1.93. The van der Waals surface area contributed by atoms with Crippen LogP contribution >= 0.6 is 0 Å². The van der Waals surface area contributed by atoms with Gasteiger partial charge < -0.3 is 10.1 Å². The monoisotopic (exact) mass is 283 g/mol. The predicted molar refractivity (Wildman–Crippen MR) is 72.3 cm³/mol. The van der Waals surface area contributed by atoms with E-state index in [1.807, 2.05) is 0 Å². The van der Waals surface area contributed by atoms with E-state index in [1.165, 1.54) is 0 Å². The van der Waals surface area contributed by atoms with E-state index < -0.39 is 12.8 Å². The molecule has 0 radical (unpaired) electrons. The molecule has 0 aromatic carbocycles. The second kappa shape index (κ2) is 10.5. The minimum Gasteiger partial charge on any atom is -0.372 e. The first-order chi connectivity index (χ1) is 8.87. The maximum atomic E-state index is 11.8. The van der Waals surface area contributed by atoms with Crippen molar-refractivity contribution in [2.24, 2.45) is 5.92 Å². The predicted octanol–water partition coefficient (Wildman–Crippen LogP) is 4.15. The Kier molecular flexibility index (Phi) is 10.3. The van der Waals surface area contributed by atoms with Crippen LogP contribution in [0, 0.1) is 5.92 Å². The molecule has 0 saturated heterocycles. The summed E-state index contributed by atoms with van der Waals surface area (Å²) in [6.45, 7) is 6.63. The van der Waals surface area contributed by atoms with E-state index in [-0.39, 0.29) is 6.61 Å². The van der Waals surface area contributed by atoms with Gasteiger partial charge in [0.1, 0.15) is 6.61 Å². The minimum atomic E-state index is -4.20. The van der Waals surface area contributed by atoms with Crippen molar-refractivity contribution in [3.63, 3.8) is 0 Å². The smallest absolute Gasteiger partial charge is 0.372 e. The van der Waals surface area contributed by atoms with Gasteiger partial charge in [0.25, 0.3) is 0 Å². The van der Waals surface area contributed by atoms with Crippen LogP contribution in [0.25, 0.3) is 0 Å². The van der Waals surface area contributed by atoms with Crippen molar-refractivity contribution in [1.29, 1.82) is 0 Å². The van der Waals surface area contributed by atoms with Gasteiger partial charge in [0.05, 0.1) is 0 Å². The molecule has 0 aliphatic carbocycles. The van der Waals surface area contributed by atoms with E-state index in [9.17, 15) is 13.2 Å². The second-order valence-corrected chi connectivity index (χ2v) is 5.32. The zero-order chi connectivity index (χ0) is 14.7. The van der Waals surface area contributed by atoms with Crippen LogP contribution in [0.3, 0.4) is 0 Å². The van der Waals surface area contributed by atoms with Crippen molar-refractivity contribution in [1.82, 2.24) is 5.32 Å². The molecule has 1 unspecified atom stereocenters. The molecule has 0 aliphatic heterocycles. The Morgan fingerprint density at radius 2 is 1.79 bits per heavy atom. The molecule has 1 N–H and O–H groups in total. The lowest BCUT2D eigenvalue weighted by Gasteiger charge is -2.22. The number of halogens is 3. The lowest BCUT2D eigenvalue weighted by Crippen LogP contribution is -2.34. The molecule has 0 rings (SSSR count). The third-order valence-electron chi connectivity index (χ3n) is 3.03. The molecule has 0 amide bonds. The highest BCUT2D eigenvalue weighted by molar-refractivity contribution is 4.70. The Morgan fingerprint density at radius 3 is 2.32 bits per heavy atom. The summed E-state index contributed by atoms with van der Waals surface area (Å²) in [5.74, 6) is 0.591. The summed E-state index contributed by atoms with van der Waals surface area (Å²) in [5, 5.41) is 3.51. The molecule has 0 aliphatic rings. The number of ether oxygens (including phenoxy) is 1. The molecule has 2 nitrogen and oxygen atoms in total. The standard InChI is InChI=1S/C14H28F3NO/c1-4-9-18-13(12(2)3)8-6-5-7-10-19-11-14(15,16)17/h12-13,18H,4-11H2,1-3H3. The topological polar surface area (TPSA) is 21.3 Å². The highest BCUT2D eigenvalue weighted by atomic mass is 19.4. The Labute approximate surface area is 115 Å². The zero-order valence-corrected chi connectivity index (χ0v) is 12.4. The first-order valence-corrected chi connectivity index (χ1v) is 7.24. The summed E-state index contributed by atoms with van der Waals surface area (Å²) in [4.78, 5) is 0. The average Bonchev–Trinajstić information content (AvgIpc) is 2.29. The van der Waals surface area contributed by atoms with Crippen LogP contribution in [0.1, 0.15) is 52.9 Å². The molecule has 5 heteroatoms. The Hall–Kier alpha value is -0.290. The van der Waals surface area contributed by atoms with Gasteiger partial charge in [-0.15, -0.1) is 0 Å². The van der Waals surface area contributed by atoms with Gasteiger partial charge in [-0.25, -0.2) is 0 Å². The SMILES string of the molecule is CCCNC(CCCCCOCC(F)(F)F)C(C)C. The minimum absolute atomic E-state index is 0.203. The fraction of sp³-hybridized carbons (Fsp3) is 1.00. The van der Waals surface area contributed by atoms with E-state index in [2.05, 4.69) is 30.8 Å². The van der Waals surface area contributed by atoms with Crippen molar-refractivity contribution in [3.8, 4) is 0 Å². The number of hydrogen-bond acceptors (Lipinski definition) is 2. The quantitative estimate of drug-likeness (QED) is 0.575. The highest BCUT2D eigenvalue weighted by Crippen LogP contribution is 2.15. The van der Waals surface area contributed by atoms with Gasteiger partial charge >= 0.3 is 6.18 Å². The molecule has 0 saturated carbocycles. The van der Waals surface area contributed by atoms with E-state index in [0.29, 0.717) is 18.4 Å². The second-order valence-electron chi connectivity index (χ2n) is 5.32. The maximum absolute atomic E-state index is 11.8. The summed E-state index contributed by atoms with van der Waals surface area (Å²) in [6.07, 6.45) is 0.663. The Bertz CT molecular complexity index is 207. The molecule has 0 spiro atoms. The van der Waals surface area contributed by atoms with Crippen molar-refractivity contribution < 1.29 is 17.9 Å². The van der Waals surface area contributed by atoms with Gasteiger partial charge in [-0.2, -0.15) is 13.2 Å². The van der Waals surface area contributed by atoms with Crippen LogP contribution in [0.2, 0.25) is 0 Å². The third kappa shape index (κ3) is 12.5. The molecule has 0 aromatic heterocycles. The summed E-state index contributed by atoms with van der Waals surface area (Å²) in [6, 6.07) is 0.510.